The van der Waals surface area contributed by atoms with Gasteiger partial charge < -0.3 is 10.4 Å². The molecule has 2 rings (SSSR count). The smallest absolute Gasteiger partial charge is 0.261 e. The Balaban J connectivity index is 2.08. The van der Waals surface area contributed by atoms with Gasteiger partial charge in [-0.3, -0.25) is 4.79 Å². The lowest BCUT2D eigenvalue weighted by atomic mass is 10.1. The normalized spacial score (nSPS) is 9.86. The fourth-order valence-corrected chi connectivity index (χ4v) is 2.83. The van der Waals surface area contributed by atoms with E-state index < -0.39 is 0 Å². The molecule has 2 aromatic rings. The van der Waals surface area contributed by atoms with E-state index >= 15 is 0 Å². The SMILES string of the molecule is Cc1cc(C(=O)NCc2ccccc2C#CCO)sc1C. The maximum absolute atomic E-state index is 12.1. The number of aliphatic hydroxyl groups is 1. The molecule has 0 saturated carbocycles. The molecule has 1 aromatic carbocycles. The molecule has 1 amide bonds. The largest absolute Gasteiger partial charge is 0.384 e. The molecular weight excluding hydrogens is 282 g/mol. The summed E-state index contributed by atoms with van der Waals surface area (Å²) in [5, 5.41) is 11.7. The van der Waals surface area contributed by atoms with Crippen LogP contribution in [0.5, 0.6) is 0 Å². The molecule has 0 aliphatic carbocycles. The Morgan fingerprint density at radius 3 is 2.76 bits per heavy atom. The molecule has 0 saturated heterocycles. The second-order valence-electron chi connectivity index (χ2n) is 4.65. The summed E-state index contributed by atoms with van der Waals surface area (Å²) in [4.78, 5) is 14.0. The van der Waals surface area contributed by atoms with Crippen LogP contribution in [0.2, 0.25) is 0 Å². The number of hydrogen-bond acceptors (Lipinski definition) is 3. The van der Waals surface area contributed by atoms with Gasteiger partial charge in [0.15, 0.2) is 0 Å². The molecule has 21 heavy (non-hydrogen) atoms. The number of benzene rings is 1. The zero-order chi connectivity index (χ0) is 15.2. The Morgan fingerprint density at radius 2 is 2.10 bits per heavy atom. The minimum absolute atomic E-state index is 0.0684. The number of carbonyl (C=O) groups is 1. The highest BCUT2D eigenvalue weighted by atomic mass is 32.1. The Kier molecular flexibility index (Phi) is 5.15. The second-order valence-corrected chi connectivity index (χ2v) is 5.91. The lowest BCUT2D eigenvalue weighted by Crippen LogP contribution is -2.22. The highest BCUT2D eigenvalue weighted by molar-refractivity contribution is 7.14. The van der Waals surface area contributed by atoms with Crippen molar-refractivity contribution in [2.45, 2.75) is 20.4 Å². The van der Waals surface area contributed by atoms with E-state index in [9.17, 15) is 4.79 Å². The predicted molar refractivity (Wildman–Crippen MR) is 85.4 cm³/mol. The van der Waals surface area contributed by atoms with Gasteiger partial charge in [0.2, 0.25) is 0 Å². The standard InChI is InChI=1S/C17H17NO2S/c1-12-10-16(21-13(12)2)17(20)18-11-15-7-4-3-6-14(15)8-5-9-19/h3-4,6-7,10,19H,9,11H2,1-2H3,(H,18,20). The fourth-order valence-electron chi connectivity index (χ4n) is 1.88. The van der Waals surface area contributed by atoms with Crippen molar-refractivity contribution in [3.8, 4) is 11.8 Å². The van der Waals surface area contributed by atoms with Gasteiger partial charge in [0, 0.05) is 17.0 Å². The van der Waals surface area contributed by atoms with E-state index in [1.54, 1.807) is 0 Å². The van der Waals surface area contributed by atoms with Gasteiger partial charge in [-0.15, -0.1) is 11.3 Å². The van der Waals surface area contributed by atoms with Crippen molar-refractivity contribution >= 4 is 17.2 Å². The number of aryl methyl sites for hydroxylation is 2. The van der Waals surface area contributed by atoms with Crippen molar-refractivity contribution < 1.29 is 9.90 Å². The van der Waals surface area contributed by atoms with Crippen molar-refractivity contribution in [1.82, 2.24) is 5.32 Å². The molecule has 0 radical (unpaired) electrons. The van der Waals surface area contributed by atoms with E-state index in [1.165, 1.54) is 11.3 Å². The third-order valence-corrected chi connectivity index (χ3v) is 4.30. The molecule has 0 fully saturated rings. The van der Waals surface area contributed by atoms with Crippen LogP contribution in [0.25, 0.3) is 0 Å². The summed E-state index contributed by atoms with van der Waals surface area (Å²) in [6.45, 7) is 4.26. The molecule has 0 bridgehead atoms. The van der Waals surface area contributed by atoms with Crippen molar-refractivity contribution in [2.24, 2.45) is 0 Å². The van der Waals surface area contributed by atoms with Crippen LogP contribution in [0.4, 0.5) is 0 Å². The van der Waals surface area contributed by atoms with Crippen molar-refractivity contribution in [3.05, 3.63) is 56.8 Å². The lowest BCUT2D eigenvalue weighted by Gasteiger charge is -2.06. The maximum atomic E-state index is 12.1. The summed E-state index contributed by atoms with van der Waals surface area (Å²) in [6.07, 6.45) is 0. The van der Waals surface area contributed by atoms with Crippen LogP contribution in [0, 0.1) is 25.7 Å². The second kappa shape index (κ2) is 7.07. The molecule has 0 aliphatic rings. The van der Waals surface area contributed by atoms with Crippen LogP contribution >= 0.6 is 11.3 Å². The number of thiophene rings is 1. The summed E-state index contributed by atoms with van der Waals surface area (Å²) in [6, 6.07) is 9.51. The van der Waals surface area contributed by atoms with Crippen LogP contribution in [0.15, 0.2) is 30.3 Å². The van der Waals surface area contributed by atoms with Crippen molar-refractivity contribution in [2.75, 3.05) is 6.61 Å². The summed E-state index contributed by atoms with van der Waals surface area (Å²) in [7, 11) is 0. The van der Waals surface area contributed by atoms with Gasteiger partial charge in [0.25, 0.3) is 5.91 Å². The molecule has 108 valence electrons. The highest BCUT2D eigenvalue weighted by Crippen LogP contribution is 2.20. The first kappa shape index (κ1) is 15.3. The number of hydrogen-bond donors (Lipinski definition) is 2. The van der Waals surface area contributed by atoms with Crippen LogP contribution in [0.3, 0.4) is 0 Å². The van der Waals surface area contributed by atoms with Crippen LogP contribution in [0.1, 0.15) is 31.2 Å². The number of aliphatic hydroxyl groups excluding tert-OH is 1. The number of nitrogens with one attached hydrogen (secondary N) is 1. The third kappa shape index (κ3) is 3.94. The highest BCUT2D eigenvalue weighted by Gasteiger charge is 2.10. The van der Waals surface area contributed by atoms with Gasteiger partial charge in [0.05, 0.1) is 4.88 Å². The molecule has 4 heteroatoms. The Labute approximate surface area is 128 Å². The van der Waals surface area contributed by atoms with Crippen LogP contribution in [-0.4, -0.2) is 17.6 Å². The van der Waals surface area contributed by atoms with Gasteiger partial charge >= 0.3 is 0 Å². The molecule has 0 spiro atoms. The molecule has 2 N–H and O–H groups in total. The molecule has 0 atom stereocenters. The first-order valence-corrected chi connectivity index (χ1v) is 7.46. The number of carbonyl (C=O) groups excluding carboxylic acids is 1. The topological polar surface area (TPSA) is 49.3 Å². The van der Waals surface area contributed by atoms with Gasteiger partial charge in [0.1, 0.15) is 6.61 Å². The third-order valence-electron chi connectivity index (χ3n) is 3.15. The van der Waals surface area contributed by atoms with Gasteiger partial charge in [-0.2, -0.15) is 0 Å². The van der Waals surface area contributed by atoms with E-state index in [1.807, 2.05) is 44.2 Å². The van der Waals surface area contributed by atoms with Gasteiger partial charge in [-0.05, 0) is 37.1 Å². The lowest BCUT2D eigenvalue weighted by molar-refractivity contribution is 0.0955. The predicted octanol–water partition coefficient (Wildman–Crippen LogP) is 2.64. The monoisotopic (exact) mass is 299 g/mol. The average molecular weight is 299 g/mol. The van der Waals surface area contributed by atoms with E-state index in [2.05, 4.69) is 17.2 Å². The molecule has 1 aromatic heterocycles. The molecule has 0 aliphatic heterocycles. The fraction of sp³-hybridized carbons (Fsp3) is 0.235. The Bertz CT molecular complexity index is 688. The molecule has 0 unspecified atom stereocenters. The van der Waals surface area contributed by atoms with Crippen molar-refractivity contribution in [3.63, 3.8) is 0 Å². The van der Waals surface area contributed by atoms with E-state index in [4.69, 9.17) is 5.11 Å². The first-order chi connectivity index (χ1) is 10.1. The van der Waals surface area contributed by atoms with Crippen LogP contribution < -0.4 is 5.32 Å². The maximum Gasteiger partial charge on any atom is 0.261 e. The number of amides is 1. The molecular formula is C17H17NO2S. The summed E-state index contributed by atoms with van der Waals surface area (Å²) < 4.78 is 0. The Hall–Kier alpha value is -2.09. The average Bonchev–Trinajstić information content (AvgIpc) is 2.83. The minimum atomic E-state index is -0.172. The molecule has 3 nitrogen and oxygen atoms in total. The van der Waals surface area contributed by atoms with Gasteiger partial charge in [-0.1, -0.05) is 30.0 Å². The van der Waals surface area contributed by atoms with Gasteiger partial charge in [-0.25, -0.2) is 0 Å². The summed E-state index contributed by atoms with van der Waals surface area (Å²) >= 11 is 1.50. The first-order valence-electron chi connectivity index (χ1n) is 6.64. The Morgan fingerprint density at radius 1 is 1.33 bits per heavy atom. The zero-order valence-electron chi connectivity index (χ0n) is 12.1. The summed E-state index contributed by atoms with van der Waals surface area (Å²) in [5.74, 6) is 5.45. The minimum Gasteiger partial charge on any atom is -0.384 e. The van der Waals surface area contributed by atoms with Crippen molar-refractivity contribution in [1.29, 1.82) is 0 Å². The van der Waals surface area contributed by atoms with Crippen LogP contribution in [-0.2, 0) is 6.54 Å². The molecule has 1 heterocycles. The van der Waals surface area contributed by atoms with E-state index in [-0.39, 0.29) is 12.5 Å². The van der Waals surface area contributed by atoms with E-state index in [0.717, 1.165) is 26.4 Å². The number of rotatable bonds is 3. The summed E-state index contributed by atoms with van der Waals surface area (Å²) in [5.41, 5.74) is 2.90. The zero-order valence-corrected chi connectivity index (χ0v) is 12.9. The van der Waals surface area contributed by atoms with E-state index in [0.29, 0.717) is 6.54 Å². The quantitative estimate of drug-likeness (QED) is 0.856.